The van der Waals surface area contributed by atoms with Gasteiger partial charge in [0, 0.05) is 37.7 Å². The number of hydrogen-bond acceptors (Lipinski definition) is 6. The molecule has 184 valence electrons. The molecular weight excluding hydrogens is 454 g/mol. The zero-order valence-corrected chi connectivity index (χ0v) is 17.2. The SMILES string of the molecule is CN(C)C[C@H]1C[C@@H]2CN(Cc3ccoc3)C[C@@H]2O1.O=C(O)C(F)(F)F.O=C(O)C(F)(F)F. The van der Waals surface area contributed by atoms with Crippen LogP contribution in [-0.4, -0.2) is 90.2 Å². The summed E-state index contributed by atoms with van der Waals surface area (Å²) in [5.41, 5.74) is 1.26. The van der Waals surface area contributed by atoms with Crippen molar-refractivity contribution < 1.29 is 55.3 Å². The van der Waals surface area contributed by atoms with Gasteiger partial charge in [0.1, 0.15) is 0 Å². The zero-order chi connectivity index (χ0) is 24.7. The molecule has 3 heterocycles. The van der Waals surface area contributed by atoms with Crippen LogP contribution in [0.3, 0.4) is 0 Å². The predicted molar refractivity (Wildman–Crippen MR) is 96.7 cm³/mol. The van der Waals surface area contributed by atoms with Crippen LogP contribution in [0.15, 0.2) is 23.0 Å². The highest BCUT2D eigenvalue weighted by molar-refractivity contribution is 5.73. The maximum Gasteiger partial charge on any atom is 0.490 e. The molecule has 0 aliphatic carbocycles. The highest BCUT2D eigenvalue weighted by Gasteiger charge is 2.42. The molecule has 1 aromatic heterocycles. The van der Waals surface area contributed by atoms with Crippen LogP contribution >= 0.6 is 0 Å². The summed E-state index contributed by atoms with van der Waals surface area (Å²) in [6.45, 7) is 4.28. The van der Waals surface area contributed by atoms with E-state index in [0.717, 1.165) is 25.6 Å². The molecule has 32 heavy (non-hydrogen) atoms. The van der Waals surface area contributed by atoms with Crippen LogP contribution in [0.25, 0.3) is 0 Å². The van der Waals surface area contributed by atoms with Crippen molar-refractivity contribution in [3.8, 4) is 0 Å². The lowest BCUT2D eigenvalue weighted by Crippen LogP contribution is -2.29. The normalized spacial score (nSPS) is 23.1. The van der Waals surface area contributed by atoms with Crippen LogP contribution in [0.4, 0.5) is 26.3 Å². The molecule has 2 aliphatic rings. The lowest BCUT2D eigenvalue weighted by Gasteiger charge is -2.20. The van der Waals surface area contributed by atoms with Crippen LogP contribution in [0.2, 0.25) is 0 Å². The molecule has 2 saturated heterocycles. The summed E-state index contributed by atoms with van der Waals surface area (Å²) in [5.74, 6) is -4.79. The molecular formula is C18H24F6N2O6. The third-order valence-corrected chi connectivity index (χ3v) is 4.43. The van der Waals surface area contributed by atoms with Crippen molar-refractivity contribution in [3.05, 3.63) is 24.2 Å². The van der Waals surface area contributed by atoms with Crippen LogP contribution in [0, 0.1) is 5.92 Å². The fraction of sp³-hybridized carbons (Fsp3) is 0.667. The van der Waals surface area contributed by atoms with Crippen molar-refractivity contribution >= 4 is 11.9 Å². The van der Waals surface area contributed by atoms with Crippen LogP contribution < -0.4 is 0 Å². The number of ether oxygens (including phenoxy) is 1. The Hall–Kier alpha value is -2.32. The Morgan fingerprint density at radius 3 is 2.00 bits per heavy atom. The molecule has 14 heteroatoms. The molecule has 0 amide bonds. The van der Waals surface area contributed by atoms with Gasteiger partial charge in [-0.3, -0.25) is 4.90 Å². The number of nitrogens with zero attached hydrogens (tertiary/aromatic N) is 2. The Kier molecular flexibility index (Phi) is 9.97. The van der Waals surface area contributed by atoms with Gasteiger partial charge in [-0.2, -0.15) is 26.3 Å². The molecule has 2 aliphatic heterocycles. The van der Waals surface area contributed by atoms with E-state index in [9.17, 15) is 26.3 Å². The molecule has 2 fully saturated rings. The average molecular weight is 478 g/mol. The van der Waals surface area contributed by atoms with Crippen molar-refractivity contribution in [1.82, 2.24) is 9.80 Å². The number of fused-ring (bicyclic) bond motifs is 1. The van der Waals surface area contributed by atoms with E-state index in [1.54, 1.807) is 6.26 Å². The number of furan rings is 1. The number of alkyl halides is 6. The Morgan fingerprint density at radius 1 is 1.09 bits per heavy atom. The van der Waals surface area contributed by atoms with Gasteiger partial charge in [0.2, 0.25) is 0 Å². The van der Waals surface area contributed by atoms with Crippen LogP contribution in [0.1, 0.15) is 12.0 Å². The molecule has 0 saturated carbocycles. The molecule has 0 unspecified atom stereocenters. The summed E-state index contributed by atoms with van der Waals surface area (Å²) in [6.07, 6.45) is -4.49. The standard InChI is InChI=1S/C14H22N2O2.2C2HF3O2/c1-15(2)8-13-5-12-7-16(9-14(12)18-13)6-11-3-4-17-10-11;2*3-2(4,5)1(6)7/h3-4,10,12-14H,5-9H2,1-2H3;2*(H,6,7)/t12-,13-,14+;;/m1../s1. The van der Waals surface area contributed by atoms with E-state index in [0.29, 0.717) is 12.2 Å². The molecule has 1 aromatic rings. The monoisotopic (exact) mass is 478 g/mol. The van der Waals surface area contributed by atoms with E-state index in [4.69, 9.17) is 29.0 Å². The lowest BCUT2D eigenvalue weighted by atomic mass is 10.0. The first-order valence-corrected chi connectivity index (χ1v) is 9.23. The second kappa shape index (κ2) is 11.5. The number of aliphatic carboxylic acids is 2. The maximum absolute atomic E-state index is 10.6. The van der Waals surface area contributed by atoms with Crippen LogP contribution in [-0.2, 0) is 20.9 Å². The van der Waals surface area contributed by atoms with Crippen molar-refractivity contribution in [2.24, 2.45) is 5.92 Å². The number of carboxylic acids is 2. The van der Waals surface area contributed by atoms with E-state index in [-0.39, 0.29) is 0 Å². The molecule has 0 spiro atoms. The third kappa shape index (κ3) is 9.87. The molecule has 3 atom stereocenters. The molecule has 3 rings (SSSR count). The lowest BCUT2D eigenvalue weighted by molar-refractivity contribution is -0.193. The second-order valence-corrected chi connectivity index (χ2v) is 7.49. The summed E-state index contributed by atoms with van der Waals surface area (Å²) >= 11 is 0. The topological polar surface area (TPSA) is 103 Å². The number of halogens is 6. The summed E-state index contributed by atoms with van der Waals surface area (Å²) < 4.78 is 74.7. The Bertz CT molecular complexity index is 685. The first-order chi connectivity index (χ1) is 14.6. The van der Waals surface area contributed by atoms with E-state index >= 15 is 0 Å². The van der Waals surface area contributed by atoms with E-state index in [1.165, 1.54) is 18.5 Å². The minimum atomic E-state index is -5.08. The summed E-state index contributed by atoms with van der Waals surface area (Å²) in [5, 5.41) is 14.2. The average Bonchev–Trinajstić information content (AvgIpc) is 3.31. The van der Waals surface area contributed by atoms with Gasteiger partial charge in [0.05, 0.1) is 24.7 Å². The molecule has 8 nitrogen and oxygen atoms in total. The largest absolute Gasteiger partial charge is 0.490 e. The first-order valence-electron chi connectivity index (χ1n) is 9.23. The summed E-state index contributed by atoms with van der Waals surface area (Å²) in [6, 6.07) is 2.05. The maximum atomic E-state index is 10.6. The first kappa shape index (κ1) is 27.7. The van der Waals surface area contributed by atoms with Crippen molar-refractivity contribution in [1.29, 1.82) is 0 Å². The Balaban J connectivity index is 0.000000305. The van der Waals surface area contributed by atoms with Crippen molar-refractivity contribution in [2.45, 2.75) is 37.5 Å². The molecule has 0 radical (unpaired) electrons. The van der Waals surface area contributed by atoms with Gasteiger partial charge < -0.3 is 24.3 Å². The van der Waals surface area contributed by atoms with E-state index in [2.05, 4.69) is 23.9 Å². The molecule has 2 N–H and O–H groups in total. The highest BCUT2D eigenvalue weighted by atomic mass is 19.4. The molecule has 0 bridgehead atoms. The number of carboxylic acid groups (broad SMARTS) is 2. The van der Waals surface area contributed by atoms with Gasteiger partial charge in [0.15, 0.2) is 0 Å². The van der Waals surface area contributed by atoms with Crippen molar-refractivity contribution in [3.63, 3.8) is 0 Å². The van der Waals surface area contributed by atoms with Crippen molar-refractivity contribution in [2.75, 3.05) is 33.7 Å². The quantitative estimate of drug-likeness (QED) is 0.637. The number of rotatable bonds is 4. The van der Waals surface area contributed by atoms with Gasteiger partial charge in [-0.15, -0.1) is 0 Å². The van der Waals surface area contributed by atoms with E-state index < -0.39 is 24.3 Å². The van der Waals surface area contributed by atoms with E-state index in [1.807, 2.05) is 12.3 Å². The van der Waals surface area contributed by atoms with Crippen LogP contribution in [0.5, 0.6) is 0 Å². The summed E-state index contributed by atoms with van der Waals surface area (Å²) in [4.78, 5) is 22.5. The zero-order valence-electron chi connectivity index (χ0n) is 17.2. The number of likely N-dealkylation sites (tertiary alicyclic amines) is 1. The fourth-order valence-electron chi connectivity index (χ4n) is 3.24. The minimum Gasteiger partial charge on any atom is -0.475 e. The van der Waals surface area contributed by atoms with Gasteiger partial charge in [-0.25, -0.2) is 9.59 Å². The number of hydrogen-bond donors (Lipinski definition) is 2. The van der Waals surface area contributed by atoms with Gasteiger partial charge in [-0.1, -0.05) is 0 Å². The smallest absolute Gasteiger partial charge is 0.475 e. The van der Waals surface area contributed by atoms with Gasteiger partial charge in [0.25, 0.3) is 0 Å². The molecule has 0 aromatic carbocycles. The number of carbonyl (C=O) groups is 2. The van der Waals surface area contributed by atoms with Gasteiger partial charge in [-0.05, 0) is 26.6 Å². The third-order valence-electron chi connectivity index (χ3n) is 4.43. The fourth-order valence-corrected chi connectivity index (χ4v) is 3.24. The van der Waals surface area contributed by atoms with Gasteiger partial charge >= 0.3 is 24.3 Å². The minimum absolute atomic E-state index is 0.436. The summed E-state index contributed by atoms with van der Waals surface area (Å²) in [7, 11) is 4.23. The highest BCUT2D eigenvalue weighted by Crippen LogP contribution is 2.33. The Labute approximate surface area is 179 Å². The predicted octanol–water partition coefficient (Wildman–Crippen LogP) is 2.70. The Morgan fingerprint density at radius 2 is 1.62 bits per heavy atom. The number of likely N-dealkylation sites (N-methyl/N-ethyl adjacent to an activating group) is 1. The second-order valence-electron chi connectivity index (χ2n) is 7.49.